The third-order valence-corrected chi connectivity index (χ3v) is 4.07. The summed E-state index contributed by atoms with van der Waals surface area (Å²) in [7, 11) is 0. The molecule has 2 heteroatoms. The van der Waals surface area contributed by atoms with Gasteiger partial charge in [-0.15, -0.1) is 0 Å². The number of benzene rings is 2. The summed E-state index contributed by atoms with van der Waals surface area (Å²) in [6, 6.07) is 14.6. The normalized spacial score (nSPS) is 10.8. The maximum Gasteiger partial charge on any atom is 0.0992 e. The predicted molar refractivity (Wildman–Crippen MR) is 86.4 cm³/mol. The highest BCUT2D eigenvalue weighted by Gasteiger charge is 2.07. The number of hydrogen-bond donors (Lipinski definition) is 0. The minimum Gasteiger partial charge on any atom is -0.343 e. The summed E-state index contributed by atoms with van der Waals surface area (Å²) in [6.45, 7) is 7.31. The van der Waals surface area contributed by atoms with Crippen molar-refractivity contribution in [1.82, 2.24) is 4.57 Å². The Bertz CT molecular complexity index is 840. The molecular weight excluding hydrogens is 256 g/mol. The summed E-state index contributed by atoms with van der Waals surface area (Å²) in [4.78, 5) is 0. The Morgan fingerprint density at radius 2 is 1.71 bits per heavy atom. The quantitative estimate of drug-likeness (QED) is 0.677. The standard InChI is InChI=1S/C19H18N2/c1-13-8-14(2)18(15(3)9-13)12-21-7-6-17-5-4-16(11-20)10-19(17)21/h4-10H,12H2,1-3H3. The number of aryl methyl sites for hydroxylation is 3. The molecule has 0 bridgehead atoms. The second kappa shape index (κ2) is 5.10. The molecule has 0 amide bonds. The van der Waals surface area contributed by atoms with E-state index in [1.807, 2.05) is 18.2 Å². The Labute approximate surface area is 125 Å². The lowest BCUT2D eigenvalue weighted by Crippen LogP contribution is -2.03. The first-order valence-corrected chi connectivity index (χ1v) is 7.14. The van der Waals surface area contributed by atoms with Gasteiger partial charge in [-0.2, -0.15) is 5.26 Å². The van der Waals surface area contributed by atoms with Crippen molar-refractivity contribution in [2.45, 2.75) is 27.3 Å². The molecule has 1 heterocycles. The van der Waals surface area contributed by atoms with Crippen LogP contribution in [0.2, 0.25) is 0 Å². The van der Waals surface area contributed by atoms with Crippen LogP contribution >= 0.6 is 0 Å². The summed E-state index contributed by atoms with van der Waals surface area (Å²) in [5.41, 5.74) is 7.14. The van der Waals surface area contributed by atoms with Gasteiger partial charge < -0.3 is 4.57 Å². The van der Waals surface area contributed by atoms with E-state index in [9.17, 15) is 0 Å². The fraction of sp³-hybridized carbons (Fsp3) is 0.211. The van der Waals surface area contributed by atoms with Crippen LogP contribution in [0, 0.1) is 32.1 Å². The maximum absolute atomic E-state index is 9.07. The smallest absolute Gasteiger partial charge is 0.0992 e. The first-order chi connectivity index (χ1) is 10.1. The monoisotopic (exact) mass is 274 g/mol. The van der Waals surface area contributed by atoms with Gasteiger partial charge in [0.25, 0.3) is 0 Å². The van der Waals surface area contributed by atoms with Gasteiger partial charge in [-0.05, 0) is 61.0 Å². The molecule has 2 aromatic carbocycles. The molecule has 0 atom stereocenters. The van der Waals surface area contributed by atoms with E-state index in [2.05, 4.69) is 55.8 Å². The molecule has 0 aliphatic heterocycles. The molecule has 0 unspecified atom stereocenters. The number of fused-ring (bicyclic) bond motifs is 1. The number of aromatic nitrogens is 1. The summed E-state index contributed by atoms with van der Waals surface area (Å²) >= 11 is 0. The maximum atomic E-state index is 9.07. The van der Waals surface area contributed by atoms with Crippen molar-refractivity contribution < 1.29 is 0 Å². The van der Waals surface area contributed by atoms with Crippen LogP contribution < -0.4 is 0 Å². The van der Waals surface area contributed by atoms with Crippen molar-refractivity contribution >= 4 is 10.9 Å². The molecule has 0 aliphatic rings. The lowest BCUT2D eigenvalue weighted by Gasteiger charge is -2.13. The summed E-state index contributed by atoms with van der Waals surface area (Å²) in [5.74, 6) is 0. The molecule has 0 fully saturated rings. The third kappa shape index (κ3) is 2.43. The highest BCUT2D eigenvalue weighted by Crippen LogP contribution is 2.22. The molecule has 2 nitrogen and oxygen atoms in total. The number of nitriles is 1. The van der Waals surface area contributed by atoms with E-state index < -0.39 is 0 Å². The highest BCUT2D eigenvalue weighted by molar-refractivity contribution is 5.81. The predicted octanol–water partition coefficient (Wildman–Crippen LogP) is 4.49. The number of hydrogen-bond acceptors (Lipinski definition) is 1. The van der Waals surface area contributed by atoms with Crippen LogP contribution in [0.1, 0.15) is 27.8 Å². The molecule has 0 radical (unpaired) electrons. The van der Waals surface area contributed by atoms with E-state index in [-0.39, 0.29) is 0 Å². The lowest BCUT2D eigenvalue weighted by molar-refractivity contribution is 0.823. The first-order valence-electron chi connectivity index (χ1n) is 7.14. The third-order valence-electron chi connectivity index (χ3n) is 4.07. The van der Waals surface area contributed by atoms with Gasteiger partial charge in [-0.3, -0.25) is 0 Å². The van der Waals surface area contributed by atoms with Crippen molar-refractivity contribution in [2.24, 2.45) is 0 Å². The number of rotatable bonds is 2. The van der Waals surface area contributed by atoms with Crippen molar-refractivity contribution in [3.05, 3.63) is 70.4 Å². The molecule has 104 valence electrons. The second-order valence-electron chi connectivity index (χ2n) is 5.71. The van der Waals surface area contributed by atoms with E-state index in [1.54, 1.807) is 0 Å². The minimum atomic E-state index is 0.708. The van der Waals surface area contributed by atoms with Gasteiger partial charge in [0, 0.05) is 18.3 Å². The Balaban J connectivity index is 2.09. The molecule has 1 aromatic heterocycles. The molecule has 0 aliphatic carbocycles. The van der Waals surface area contributed by atoms with E-state index in [0.29, 0.717) is 5.56 Å². The Morgan fingerprint density at radius 3 is 2.38 bits per heavy atom. The summed E-state index contributed by atoms with van der Waals surface area (Å²) in [5, 5.41) is 10.3. The molecule has 21 heavy (non-hydrogen) atoms. The minimum absolute atomic E-state index is 0.708. The van der Waals surface area contributed by atoms with Crippen LogP contribution in [0.4, 0.5) is 0 Å². The second-order valence-corrected chi connectivity index (χ2v) is 5.71. The summed E-state index contributed by atoms with van der Waals surface area (Å²) < 4.78 is 2.22. The van der Waals surface area contributed by atoms with E-state index in [1.165, 1.54) is 27.6 Å². The van der Waals surface area contributed by atoms with E-state index >= 15 is 0 Å². The Hall–Kier alpha value is -2.53. The molecule has 0 saturated carbocycles. The number of nitrogens with zero attached hydrogens (tertiary/aromatic N) is 2. The van der Waals surface area contributed by atoms with Gasteiger partial charge in [0.15, 0.2) is 0 Å². The van der Waals surface area contributed by atoms with Gasteiger partial charge in [0.1, 0.15) is 0 Å². The van der Waals surface area contributed by atoms with Gasteiger partial charge in [-0.25, -0.2) is 0 Å². The van der Waals surface area contributed by atoms with Crippen LogP contribution in [-0.2, 0) is 6.54 Å². The highest BCUT2D eigenvalue weighted by atomic mass is 14.9. The molecule has 0 spiro atoms. The van der Waals surface area contributed by atoms with E-state index in [4.69, 9.17) is 5.26 Å². The summed E-state index contributed by atoms with van der Waals surface area (Å²) in [6.07, 6.45) is 2.10. The SMILES string of the molecule is Cc1cc(C)c(Cn2ccc3ccc(C#N)cc32)c(C)c1. The van der Waals surface area contributed by atoms with Crippen molar-refractivity contribution in [1.29, 1.82) is 5.26 Å². The Morgan fingerprint density at radius 1 is 1.00 bits per heavy atom. The first kappa shape index (κ1) is 13.5. The molecule has 0 N–H and O–H groups in total. The van der Waals surface area contributed by atoms with Gasteiger partial charge in [0.05, 0.1) is 11.6 Å². The average Bonchev–Trinajstić information content (AvgIpc) is 2.84. The van der Waals surface area contributed by atoms with Crippen LogP contribution in [0.5, 0.6) is 0 Å². The zero-order valence-corrected chi connectivity index (χ0v) is 12.6. The average molecular weight is 274 g/mol. The van der Waals surface area contributed by atoms with Crippen molar-refractivity contribution in [2.75, 3.05) is 0 Å². The molecule has 3 rings (SSSR count). The largest absolute Gasteiger partial charge is 0.343 e. The zero-order valence-electron chi connectivity index (χ0n) is 12.6. The van der Waals surface area contributed by atoms with Crippen LogP contribution in [0.25, 0.3) is 10.9 Å². The van der Waals surface area contributed by atoms with Gasteiger partial charge in [-0.1, -0.05) is 23.8 Å². The van der Waals surface area contributed by atoms with E-state index in [0.717, 1.165) is 12.1 Å². The fourth-order valence-corrected chi connectivity index (χ4v) is 3.02. The van der Waals surface area contributed by atoms with Gasteiger partial charge in [0.2, 0.25) is 0 Å². The fourth-order valence-electron chi connectivity index (χ4n) is 3.02. The van der Waals surface area contributed by atoms with Gasteiger partial charge >= 0.3 is 0 Å². The van der Waals surface area contributed by atoms with Crippen molar-refractivity contribution in [3.8, 4) is 6.07 Å². The molecular formula is C19H18N2. The van der Waals surface area contributed by atoms with Crippen LogP contribution in [0.15, 0.2) is 42.6 Å². The van der Waals surface area contributed by atoms with Crippen molar-refractivity contribution in [3.63, 3.8) is 0 Å². The topological polar surface area (TPSA) is 28.7 Å². The molecule has 0 saturated heterocycles. The Kier molecular flexibility index (Phi) is 3.27. The zero-order chi connectivity index (χ0) is 15.0. The van der Waals surface area contributed by atoms with Crippen LogP contribution in [-0.4, -0.2) is 4.57 Å². The van der Waals surface area contributed by atoms with Crippen LogP contribution in [0.3, 0.4) is 0 Å². The molecule has 3 aromatic rings. The lowest BCUT2D eigenvalue weighted by atomic mass is 10.00.